The lowest BCUT2D eigenvalue weighted by atomic mass is 10.1. The fourth-order valence-corrected chi connectivity index (χ4v) is 2.50. The van der Waals surface area contributed by atoms with Crippen LogP contribution in [0, 0.1) is 0 Å². The molecule has 108 valence electrons. The molecule has 1 aliphatic heterocycles. The van der Waals surface area contributed by atoms with E-state index in [0.29, 0.717) is 18.8 Å². The van der Waals surface area contributed by atoms with Crippen molar-refractivity contribution in [3.05, 3.63) is 28.7 Å². The molecule has 2 atom stereocenters. The number of ether oxygens (including phenoxy) is 1. The normalized spacial score (nSPS) is 22.4. The molecule has 6 heteroatoms. The number of morpholine rings is 1. The van der Waals surface area contributed by atoms with Crippen LogP contribution in [0.4, 0.5) is 5.69 Å². The van der Waals surface area contributed by atoms with Crippen molar-refractivity contribution in [3.8, 4) is 0 Å². The van der Waals surface area contributed by atoms with Crippen molar-refractivity contribution < 1.29 is 14.3 Å². The lowest BCUT2D eigenvalue weighted by Gasteiger charge is -2.37. The van der Waals surface area contributed by atoms with E-state index in [-0.39, 0.29) is 12.1 Å². The molecular formula is C14H17BrN2O3. The average molecular weight is 341 g/mol. The Morgan fingerprint density at radius 1 is 1.40 bits per heavy atom. The van der Waals surface area contributed by atoms with E-state index >= 15 is 0 Å². The van der Waals surface area contributed by atoms with Gasteiger partial charge in [-0.25, -0.2) is 0 Å². The smallest absolute Gasteiger partial charge is 0.313 e. The molecule has 0 radical (unpaired) electrons. The van der Waals surface area contributed by atoms with Crippen molar-refractivity contribution in [2.24, 2.45) is 0 Å². The van der Waals surface area contributed by atoms with E-state index in [9.17, 15) is 9.59 Å². The van der Waals surface area contributed by atoms with Crippen molar-refractivity contribution in [1.29, 1.82) is 0 Å². The second-order valence-corrected chi connectivity index (χ2v) is 5.70. The maximum atomic E-state index is 12.2. The Morgan fingerprint density at radius 3 is 2.85 bits per heavy atom. The zero-order chi connectivity index (χ0) is 14.7. The minimum Gasteiger partial charge on any atom is -0.375 e. The first kappa shape index (κ1) is 15.0. The maximum Gasteiger partial charge on any atom is 0.313 e. The number of amides is 2. The summed E-state index contributed by atoms with van der Waals surface area (Å²) in [6.45, 7) is 4.68. The Bertz CT molecular complexity index is 521. The molecule has 1 aliphatic rings. The fourth-order valence-electron chi connectivity index (χ4n) is 2.10. The van der Waals surface area contributed by atoms with Gasteiger partial charge in [0, 0.05) is 16.7 Å². The predicted molar refractivity (Wildman–Crippen MR) is 79.4 cm³/mol. The minimum atomic E-state index is -0.621. The molecular weight excluding hydrogens is 324 g/mol. The predicted octanol–water partition coefficient (Wildman–Crippen LogP) is 2.02. The van der Waals surface area contributed by atoms with Gasteiger partial charge in [0.1, 0.15) is 0 Å². The molecule has 2 rings (SSSR count). The summed E-state index contributed by atoms with van der Waals surface area (Å²) >= 11 is 3.32. The van der Waals surface area contributed by atoms with Crippen molar-refractivity contribution in [3.63, 3.8) is 0 Å². The standard InChI is InChI=1S/C14H17BrN2O3/c1-9-10(2)20-7-6-17(9)14(19)13(18)16-12-5-3-4-11(15)8-12/h3-5,8-10H,6-7H2,1-2H3,(H,16,18). The lowest BCUT2D eigenvalue weighted by Crippen LogP contribution is -2.54. The number of rotatable bonds is 1. The zero-order valence-electron chi connectivity index (χ0n) is 11.4. The van der Waals surface area contributed by atoms with Gasteiger partial charge in [-0.2, -0.15) is 0 Å². The first-order chi connectivity index (χ1) is 9.49. The minimum absolute atomic E-state index is 0.0635. The van der Waals surface area contributed by atoms with Crippen LogP contribution in [0.15, 0.2) is 28.7 Å². The topological polar surface area (TPSA) is 58.6 Å². The molecule has 1 aromatic carbocycles. The molecule has 0 spiro atoms. The summed E-state index contributed by atoms with van der Waals surface area (Å²) in [5.74, 6) is -1.14. The number of benzene rings is 1. The highest BCUT2D eigenvalue weighted by Gasteiger charge is 2.32. The quantitative estimate of drug-likeness (QED) is 0.795. The molecule has 2 amide bonds. The van der Waals surface area contributed by atoms with Crippen molar-refractivity contribution in [1.82, 2.24) is 4.90 Å². The second kappa shape index (κ2) is 6.37. The Hall–Kier alpha value is -1.40. The summed E-state index contributed by atoms with van der Waals surface area (Å²) in [6, 6.07) is 7.02. The molecule has 20 heavy (non-hydrogen) atoms. The van der Waals surface area contributed by atoms with Crippen LogP contribution in [0.1, 0.15) is 13.8 Å². The van der Waals surface area contributed by atoms with E-state index in [4.69, 9.17) is 4.74 Å². The van der Waals surface area contributed by atoms with Crippen LogP contribution >= 0.6 is 15.9 Å². The van der Waals surface area contributed by atoms with Gasteiger partial charge in [0.05, 0.1) is 18.8 Å². The number of nitrogens with zero attached hydrogens (tertiary/aromatic N) is 1. The number of hydrogen-bond acceptors (Lipinski definition) is 3. The summed E-state index contributed by atoms with van der Waals surface area (Å²) < 4.78 is 6.30. The third kappa shape index (κ3) is 3.37. The van der Waals surface area contributed by atoms with Crippen LogP contribution in [-0.2, 0) is 14.3 Å². The third-order valence-corrected chi connectivity index (χ3v) is 3.91. The number of carbonyl (C=O) groups is 2. The lowest BCUT2D eigenvalue weighted by molar-refractivity contribution is -0.152. The van der Waals surface area contributed by atoms with Crippen LogP contribution in [0.2, 0.25) is 0 Å². The van der Waals surface area contributed by atoms with Gasteiger partial charge in [0.2, 0.25) is 0 Å². The highest BCUT2D eigenvalue weighted by atomic mass is 79.9. The average Bonchev–Trinajstić information content (AvgIpc) is 2.41. The molecule has 1 fully saturated rings. The molecule has 0 saturated carbocycles. The highest BCUT2D eigenvalue weighted by molar-refractivity contribution is 9.10. The maximum absolute atomic E-state index is 12.2. The number of carbonyl (C=O) groups excluding carboxylic acids is 2. The summed E-state index contributed by atoms with van der Waals surface area (Å²) in [5.41, 5.74) is 0.590. The van der Waals surface area contributed by atoms with Gasteiger partial charge < -0.3 is 15.0 Å². The number of hydrogen-bond donors (Lipinski definition) is 1. The highest BCUT2D eigenvalue weighted by Crippen LogP contribution is 2.17. The van der Waals surface area contributed by atoms with Crippen LogP contribution in [-0.4, -0.2) is 42.0 Å². The van der Waals surface area contributed by atoms with Gasteiger partial charge in [-0.3, -0.25) is 9.59 Å². The van der Waals surface area contributed by atoms with E-state index in [0.717, 1.165) is 4.47 Å². The van der Waals surface area contributed by atoms with Gasteiger partial charge in [0.15, 0.2) is 0 Å². The summed E-state index contributed by atoms with van der Waals surface area (Å²) in [7, 11) is 0. The van der Waals surface area contributed by atoms with E-state index in [2.05, 4.69) is 21.2 Å². The van der Waals surface area contributed by atoms with Crippen LogP contribution in [0.3, 0.4) is 0 Å². The Balaban J connectivity index is 2.03. The molecule has 1 saturated heterocycles. The monoisotopic (exact) mass is 340 g/mol. The summed E-state index contributed by atoms with van der Waals surface area (Å²) in [6.07, 6.45) is -0.0635. The van der Waals surface area contributed by atoms with Gasteiger partial charge in [-0.1, -0.05) is 22.0 Å². The van der Waals surface area contributed by atoms with Gasteiger partial charge in [-0.05, 0) is 32.0 Å². The van der Waals surface area contributed by atoms with E-state index in [1.54, 1.807) is 23.1 Å². The fraction of sp³-hybridized carbons (Fsp3) is 0.429. The van der Waals surface area contributed by atoms with Crippen LogP contribution in [0.25, 0.3) is 0 Å². The largest absolute Gasteiger partial charge is 0.375 e. The third-order valence-electron chi connectivity index (χ3n) is 3.42. The number of halogens is 1. The van der Waals surface area contributed by atoms with Crippen molar-refractivity contribution in [2.75, 3.05) is 18.5 Å². The number of nitrogens with one attached hydrogen (secondary N) is 1. The Morgan fingerprint density at radius 2 is 2.15 bits per heavy atom. The van der Waals surface area contributed by atoms with E-state index in [1.807, 2.05) is 19.9 Å². The second-order valence-electron chi connectivity index (χ2n) is 4.78. The SMILES string of the molecule is CC1OCCN(C(=O)C(=O)Nc2cccc(Br)c2)C1C. The summed E-state index contributed by atoms with van der Waals surface area (Å²) in [4.78, 5) is 25.8. The molecule has 0 aromatic heterocycles. The van der Waals surface area contributed by atoms with Crippen molar-refractivity contribution >= 4 is 33.4 Å². The van der Waals surface area contributed by atoms with Crippen molar-refractivity contribution in [2.45, 2.75) is 26.0 Å². The summed E-state index contributed by atoms with van der Waals surface area (Å²) in [5, 5.41) is 2.61. The van der Waals surface area contributed by atoms with Gasteiger partial charge >= 0.3 is 11.8 Å². The van der Waals surface area contributed by atoms with E-state index in [1.165, 1.54) is 0 Å². The first-order valence-corrected chi connectivity index (χ1v) is 7.27. The van der Waals surface area contributed by atoms with Crippen LogP contribution in [0.5, 0.6) is 0 Å². The molecule has 2 unspecified atom stereocenters. The van der Waals surface area contributed by atoms with Crippen LogP contribution < -0.4 is 5.32 Å². The molecule has 1 heterocycles. The molecule has 1 N–H and O–H groups in total. The molecule has 0 bridgehead atoms. The number of anilines is 1. The first-order valence-electron chi connectivity index (χ1n) is 6.48. The molecule has 0 aliphatic carbocycles. The van der Waals surface area contributed by atoms with E-state index < -0.39 is 11.8 Å². The van der Waals surface area contributed by atoms with Gasteiger partial charge in [-0.15, -0.1) is 0 Å². The Kier molecular flexibility index (Phi) is 4.77. The Labute approximate surface area is 126 Å². The molecule has 1 aromatic rings. The molecule has 5 nitrogen and oxygen atoms in total. The van der Waals surface area contributed by atoms with Gasteiger partial charge in [0.25, 0.3) is 0 Å². The zero-order valence-corrected chi connectivity index (χ0v) is 13.0.